The molecule has 5 rings (SSSR count). The lowest BCUT2D eigenvalue weighted by Crippen LogP contribution is -2.35. The van der Waals surface area contributed by atoms with E-state index in [4.69, 9.17) is 4.74 Å². The molecule has 0 saturated heterocycles. The molecule has 2 N–H and O–H groups in total. The van der Waals surface area contributed by atoms with E-state index in [1.165, 1.54) is 27.8 Å². The Kier molecular flexibility index (Phi) is 5.84. The molecule has 0 unspecified atom stereocenters. The van der Waals surface area contributed by atoms with Crippen molar-refractivity contribution in [2.45, 2.75) is 24.8 Å². The van der Waals surface area contributed by atoms with Crippen LogP contribution in [0.4, 0.5) is 15.2 Å². The van der Waals surface area contributed by atoms with E-state index in [1.807, 2.05) is 31.3 Å². The number of rotatable bonds is 6. The van der Waals surface area contributed by atoms with Crippen molar-refractivity contribution in [1.82, 2.24) is 19.3 Å². The highest BCUT2D eigenvalue weighted by Crippen LogP contribution is 2.35. The fraction of sp³-hybridized carbons (Fsp3) is 0.217. The summed E-state index contributed by atoms with van der Waals surface area (Å²) in [5, 5.41) is 3.97. The van der Waals surface area contributed by atoms with Crippen molar-refractivity contribution in [3.63, 3.8) is 0 Å². The van der Waals surface area contributed by atoms with Gasteiger partial charge in [0.2, 0.25) is 10.0 Å². The fourth-order valence-corrected chi connectivity index (χ4v) is 6.36. The maximum Gasteiger partial charge on any atom is 0.243 e. The predicted molar refractivity (Wildman–Crippen MR) is 128 cm³/mol. The Balaban J connectivity index is 1.35. The van der Waals surface area contributed by atoms with Gasteiger partial charge in [-0.05, 0) is 43.3 Å². The van der Waals surface area contributed by atoms with Crippen LogP contribution in [0, 0.1) is 12.7 Å². The van der Waals surface area contributed by atoms with Crippen LogP contribution in [-0.4, -0.2) is 41.3 Å². The minimum Gasteiger partial charge on any atom is -0.496 e. The Hall–Kier alpha value is -3.28. The van der Waals surface area contributed by atoms with Crippen LogP contribution in [0.1, 0.15) is 16.3 Å². The number of nitrogens with one attached hydrogen (secondary N) is 2. The van der Waals surface area contributed by atoms with E-state index < -0.39 is 15.8 Å². The first kappa shape index (κ1) is 22.5. The maximum atomic E-state index is 13.2. The molecule has 1 aliphatic rings. The zero-order chi connectivity index (χ0) is 23.9. The van der Waals surface area contributed by atoms with Crippen molar-refractivity contribution in [2.24, 2.45) is 0 Å². The number of hydrogen-bond donors (Lipinski definition) is 2. The number of nitrogens with zero attached hydrogens (tertiary/aromatic N) is 3. The van der Waals surface area contributed by atoms with Crippen LogP contribution >= 0.6 is 11.3 Å². The molecule has 176 valence electrons. The number of hydrogen-bond acceptors (Lipinski definition) is 7. The highest BCUT2D eigenvalue weighted by atomic mass is 32.2. The number of halogens is 1. The summed E-state index contributed by atoms with van der Waals surface area (Å²) in [5.41, 5.74) is 3.42. The predicted octanol–water partition coefficient (Wildman–Crippen LogP) is 4.48. The molecule has 2 aromatic heterocycles. The Morgan fingerprint density at radius 1 is 1.18 bits per heavy atom. The summed E-state index contributed by atoms with van der Waals surface area (Å²) in [6.07, 6.45) is 2.34. The molecule has 0 fully saturated rings. The van der Waals surface area contributed by atoms with Crippen molar-refractivity contribution in [3.05, 3.63) is 70.7 Å². The largest absolute Gasteiger partial charge is 0.496 e. The van der Waals surface area contributed by atoms with Crippen molar-refractivity contribution in [2.75, 3.05) is 19.0 Å². The van der Waals surface area contributed by atoms with E-state index in [0.29, 0.717) is 23.8 Å². The third-order valence-corrected chi connectivity index (χ3v) is 8.42. The summed E-state index contributed by atoms with van der Waals surface area (Å²) in [6, 6.07) is 10.6. The zero-order valence-corrected chi connectivity index (χ0v) is 20.1. The Bertz CT molecular complexity index is 1450. The molecule has 34 heavy (non-hydrogen) atoms. The average molecular weight is 500 g/mol. The van der Waals surface area contributed by atoms with Gasteiger partial charge in [0.05, 0.1) is 35.5 Å². The monoisotopic (exact) mass is 499 g/mol. The molecule has 0 saturated carbocycles. The number of anilines is 2. The number of aromatic nitrogens is 3. The molecule has 11 heteroatoms. The number of fused-ring (bicyclic) bond motifs is 1. The summed E-state index contributed by atoms with van der Waals surface area (Å²) in [6.45, 7) is 2.47. The minimum absolute atomic E-state index is 0.0825. The number of sulfonamides is 1. The second-order valence-electron chi connectivity index (χ2n) is 7.86. The zero-order valence-electron chi connectivity index (χ0n) is 18.5. The second kappa shape index (κ2) is 8.82. The first-order valence-corrected chi connectivity index (χ1v) is 12.8. The van der Waals surface area contributed by atoms with Gasteiger partial charge in [-0.2, -0.15) is 4.31 Å². The summed E-state index contributed by atoms with van der Waals surface area (Å²) in [4.78, 5) is 13.2. The molecular weight excluding hydrogens is 477 g/mol. The number of aryl methyl sites for hydroxylation is 1. The SMILES string of the molecule is COc1cc(Nc2nc3c(s2)CN(S(=O)(=O)c2ccc(F)cc2)CC3)ccc1-c1nc(C)c[nH]1. The van der Waals surface area contributed by atoms with Crippen molar-refractivity contribution in [1.29, 1.82) is 0 Å². The number of imidazole rings is 1. The molecule has 0 atom stereocenters. The summed E-state index contributed by atoms with van der Waals surface area (Å²) in [7, 11) is -2.10. The number of aromatic amines is 1. The van der Waals surface area contributed by atoms with Crippen molar-refractivity contribution in [3.8, 4) is 17.1 Å². The first-order chi connectivity index (χ1) is 16.3. The number of thiazole rings is 1. The van der Waals surface area contributed by atoms with Crippen LogP contribution in [0.15, 0.2) is 53.6 Å². The summed E-state index contributed by atoms with van der Waals surface area (Å²) in [5.74, 6) is 0.923. The van der Waals surface area contributed by atoms with Crippen molar-refractivity contribution >= 4 is 32.2 Å². The number of H-pyrrole nitrogens is 1. The normalized spacial score (nSPS) is 14.1. The third-order valence-electron chi connectivity index (χ3n) is 5.56. The number of benzene rings is 2. The van der Waals surface area contributed by atoms with Crippen LogP contribution in [0.25, 0.3) is 11.4 Å². The van der Waals surface area contributed by atoms with Gasteiger partial charge in [-0.15, -0.1) is 11.3 Å². The molecule has 0 spiro atoms. The highest BCUT2D eigenvalue weighted by molar-refractivity contribution is 7.89. The average Bonchev–Trinajstić information content (AvgIpc) is 3.44. The van der Waals surface area contributed by atoms with Crippen LogP contribution in [-0.2, 0) is 23.0 Å². The summed E-state index contributed by atoms with van der Waals surface area (Å²) < 4.78 is 46.1. The number of ether oxygens (including phenoxy) is 1. The lowest BCUT2D eigenvalue weighted by Gasteiger charge is -2.25. The molecule has 4 aromatic rings. The molecule has 2 aromatic carbocycles. The molecule has 0 aliphatic carbocycles. The minimum atomic E-state index is -3.71. The van der Waals surface area contributed by atoms with E-state index in [1.54, 1.807) is 7.11 Å². The number of methoxy groups -OCH3 is 1. The lowest BCUT2D eigenvalue weighted by molar-refractivity contribution is 0.393. The van der Waals surface area contributed by atoms with E-state index in [0.717, 1.165) is 45.5 Å². The Labute approximate surface area is 200 Å². The maximum absolute atomic E-state index is 13.2. The Morgan fingerprint density at radius 2 is 1.97 bits per heavy atom. The van der Waals surface area contributed by atoms with Crippen molar-refractivity contribution < 1.29 is 17.5 Å². The molecule has 8 nitrogen and oxygen atoms in total. The quantitative estimate of drug-likeness (QED) is 0.406. The van der Waals surface area contributed by atoms with Gasteiger partial charge >= 0.3 is 0 Å². The van der Waals surface area contributed by atoms with Gasteiger partial charge < -0.3 is 15.0 Å². The van der Waals surface area contributed by atoms with Crippen LogP contribution in [0.3, 0.4) is 0 Å². The molecule has 0 amide bonds. The van der Waals surface area contributed by atoms with E-state index in [2.05, 4.69) is 20.3 Å². The smallest absolute Gasteiger partial charge is 0.243 e. The van der Waals surface area contributed by atoms with Gasteiger partial charge in [0.1, 0.15) is 17.4 Å². The molecule has 0 bridgehead atoms. The molecular formula is C23H22FN5O3S2. The van der Waals surface area contributed by atoms with E-state index in [-0.39, 0.29) is 11.4 Å². The molecule has 3 heterocycles. The van der Waals surface area contributed by atoms with Gasteiger partial charge in [0.15, 0.2) is 5.13 Å². The standard InChI is InChI=1S/C23H22FN5O3S2/c1-14-12-25-22(26-14)18-8-5-16(11-20(18)32-2)27-23-28-19-9-10-29(13-21(19)33-23)34(30,31)17-6-3-15(24)4-7-17/h3-8,11-12H,9-10,13H2,1-2H3,(H,25,26)(H,27,28). The summed E-state index contributed by atoms with van der Waals surface area (Å²) >= 11 is 1.42. The van der Waals surface area contributed by atoms with E-state index in [9.17, 15) is 12.8 Å². The third kappa shape index (κ3) is 4.29. The van der Waals surface area contributed by atoms with Gasteiger partial charge in [-0.1, -0.05) is 0 Å². The van der Waals surface area contributed by atoms with Crippen LogP contribution < -0.4 is 10.1 Å². The van der Waals surface area contributed by atoms with Gasteiger partial charge in [-0.25, -0.2) is 22.8 Å². The van der Waals surface area contributed by atoms with Crippen LogP contribution in [0.2, 0.25) is 0 Å². The first-order valence-electron chi connectivity index (χ1n) is 10.6. The van der Waals surface area contributed by atoms with Gasteiger partial charge in [0.25, 0.3) is 0 Å². The molecule has 1 aliphatic heterocycles. The second-order valence-corrected chi connectivity index (χ2v) is 10.9. The van der Waals surface area contributed by atoms with Gasteiger partial charge in [0, 0.05) is 35.8 Å². The molecule has 0 radical (unpaired) electrons. The lowest BCUT2D eigenvalue weighted by atomic mass is 10.1. The highest BCUT2D eigenvalue weighted by Gasteiger charge is 2.30. The fourth-order valence-electron chi connectivity index (χ4n) is 3.83. The van der Waals surface area contributed by atoms with E-state index >= 15 is 0 Å². The van der Waals surface area contributed by atoms with Gasteiger partial charge in [-0.3, -0.25) is 0 Å². The Morgan fingerprint density at radius 3 is 2.68 bits per heavy atom. The van der Waals surface area contributed by atoms with Crippen LogP contribution in [0.5, 0.6) is 5.75 Å². The topological polar surface area (TPSA) is 100 Å².